The van der Waals surface area contributed by atoms with Gasteiger partial charge in [-0.1, -0.05) is 17.3 Å². The van der Waals surface area contributed by atoms with E-state index in [0.717, 1.165) is 6.07 Å². The number of carbonyl (C=O) groups is 1. The molecular formula is C18H16N2O6. The minimum atomic E-state index is -0.781. The van der Waals surface area contributed by atoms with Crippen LogP contribution in [0.25, 0.3) is 11.4 Å². The van der Waals surface area contributed by atoms with Gasteiger partial charge >= 0.3 is 5.97 Å². The van der Waals surface area contributed by atoms with Crippen LogP contribution in [0.1, 0.15) is 23.2 Å². The number of phenolic OH excluding ortho intramolecular Hbond substituents is 2. The molecule has 0 aliphatic carbocycles. The fourth-order valence-electron chi connectivity index (χ4n) is 2.25. The van der Waals surface area contributed by atoms with E-state index in [1.165, 1.54) is 12.1 Å². The monoisotopic (exact) mass is 356 g/mol. The summed E-state index contributed by atoms with van der Waals surface area (Å²) in [5.74, 6) is -0.295. The van der Waals surface area contributed by atoms with E-state index < -0.39 is 5.97 Å². The molecule has 1 heterocycles. The first-order valence-corrected chi connectivity index (χ1v) is 7.82. The van der Waals surface area contributed by atoms with E-state index in [1.807, 2.05) is 19.1 Å². The first-order chi connectivity index (χ1) is 12.6. The standard InChI is InChI=1S/C18H16N2O6/c1-2-24-15-6-4-3-5-13(15)17-19-16(26-20-17)10-25-18(23)12-8-7-11(21)9-14(12)22/h3-9,21-22H,2,10H2,1H3. The molecule has 0 atom stereocenters. The molecule has 8 heteroatoms. The van der Waals surface area contributed by atoms with Crippen LogP contribution < -0.4 is 4.74 Å². The van der Waals surface area contributed by atoms with Crippen molar-refractivity contribution in [1.82, 2.24) is 10.1 Å². The summed E-state index contributed by atoms with van der Waals surface area (Å²) in [7, 11) is 0. The molecule has 0 aliphatic heterocycles. The molecular weight excluding hydrogens is 340 g/mol. The van der Waals surface area contributed by atoms with Crippen LogP contribution >= 0.6 is 0 Å². The molecule has 2 aromatic carbocycles. The lowest BCUT2D eigenvalue weighted by Gasteiger charge is -2.06. The largest absolute Gasteiger partial charge is 0.508 e. The second-order valence-electron chi connectivity index (χ2n) is 5.22. The lowest BCUT2D eigenvalue weighted by atomic mass is 10.2. The zero-order valence-electron chi connectivity index (χ0n) is 13.9. The maximum absolute atomic E-state index is 12.0. The molecule has 2 N–H and O–H groups in total. The van der Waals surface area contributed by atoms with Crippen LogP contribution in [-0.4, -0.2) is 32.9 Å². The van der Waals surface area contributed by atoms with Crippen molar-refractivity contribution in [3.8, 4) is 28.6 Å². The van der Waals surface area contributed by atoms with Gasteiger partial charge in [0.15, 0.2) is 6.61 Å². The number of esters is 1. The first kappa shape index (κ1) is 17.3. The second kappa shape index (κ2) is 7.56. The number of carbonyl (C=O) groups excluding carboxylic acids is 1. The van der Waals surface area contributed by atoms with Crippen LogP contribution in [0.3, 0.4) is 0 Å². The van der Waals surface area contributed by atoms with Gasteiger partial charge in [0.25, 0.3) is 5.89 Å². The topological polar surface area (TPSA) is 115 Å². The van der Waals surface area contributed by atoms with Crippen molar-refractivity contribution >= 4 is 5.97 Å². The highest BCUT2D eigenvalue weighted by Crippen LogP contribution is 2.28. The molecule has 3 rings (SSSR count). The van der Waals surface area contributed by atoms with E-state index >= 15 is 0 Å². The molecule has 0 saturated carbocycles. The summed E-state index contributed by atoms with van der Waals surface area (Å²) in [6, 6.07) is 10.8. The van der Waals surface area contributed by atoms with Gasteiger partial charge in [0.05, 0.1) is 12.2 Å². The summed E-state index contributed by atoms with van der Waals surface area (Å²) < 4.78 is 15.7. The van der Waals surface area contributed by atoms with Gasteiger partial charge in [0.1, 0.15) is 22.8 Å². The molecule has 0 saturated heterocycles. The van der Waals surface area contributed by atoms with Gasteiger partial charge < -0.3 is 24.2 Å². The van der Waals surface area contributed by atoms with E-state index in [1.54, 1.807) is 12.1 Å². The van der Waals surface area contributed by atoms with Crippen molar-refractivity contribution < 1.29 is 29.0 Å². The van der Waals surface area contributed by atoms with Crippen LogP contribution in [0, 0.1) is 0 Å². The number of hydrogen-bond acceptors (Lipinski definition) is 8. The molecule has 3 aromatic rings. The Morgan fingerprint density at radius 1 is 1.19 bits per heavy atom. The molecule has 0 fully saturated rings. The fourth-order valence-corrected chi connectivity index (χ4v) is 2.25. The predicted molar refractivity (Wildman–Crippen MR) is 89.8 cm³/mol. The summed E-state index contributed by atoms with van der Waals surface area (Å²) in [4.78, 5) is 16.2. The van der Waals surface area contributed by atoms with Crippen molar-refractivity contribution in [1.29, 1.82) is 0 Å². The van der Waals surface area contributed by atoms with Crippen molar-refractivity contribution in [2.24, 2.45) is 0 Å². The number of para-hydroxylation sites is 1. The highest BCUT2D eigenvalue weighted by Gasteiger charge is 2.17. The minimum absolute atomic E-state index is 0.0794. The highest BCUT2D eigenvalue weighted by atomic mass is 16.6. The Balaban J connectivity index is 1.70. The van der Waals surface area contributed by atoms with E-state index in [0.29, 0.717) is 23.7 Å². The van der Waals surface area contributed by atoms with Crippen LogP contribution in [0.4, 0.5) is 0 Å². The molecule has 0 unspecified atom stereocenters. The average Bonchev–Trinajstić information content (AvgIpc) is 3.09. The number of aromatic nitrogens is 2. The van der Waals surface area contributed by atoms with Crippen LogP contribution in [0.2, 0.25) is 0 Å². The molecule has 8 nitrogen and oxygen atoms in total. The van der Waals surface area contributed by atoms with Crippen LogP contribution in [0.5, 0.6) is 17.2 Å². The van der Waals surface area contributed by atoms with Gasteiger partial charge in [-0.2, -0.15) is 4.98 Å². The summed E-state index contributed by atoms with van der Waals surface area (Å²) in [5.41, 5.74) is 0.580. The molecule has 0 radical (unpaired) electrons. The maximum Gasteiger partial charge on any atom is 0.342 e. The van der Waals surface area contributed by atoms with Crippen molar-refractivity contribution in [2.75, 3.05) is 6.61 Å². The smallest absolute Gasteiger partial charge is 0.342 e. The van der Waals surface area contributed by atoms with Gasteiger partial charge in [-0.15, -0.1) is 0 Å². The van der Waals surface area contributed by atoms with Crippen LogP contribution in [-0.2, 0) is 11.3 Å². The molecule has 0 amide bonds. The zero-order valence-corrected chi connectivity index (χ0v) is 13.9. The number of hydrogen-bond donors (Lipinski definition) is 2. The van der Waals surface area contributed by atoms with Crippen molar-refractivity contribution in [2.45, 2.75) is 13.5 Å². The molecule has 26 heavy (non-hydrogen) atoms. The van der Waals surface area contributed by atoms with Gasteiger partial charge in [-0.3, -0.25) is 0 Å². The number of benzene rings is 2. The number of nitrogens with zero attached hydrogens (tertiary/aromatic N) is 2. The predicted octanol–water partition coefficient (Wildman–Crippen LogP) is 2.90. The number of phenols is 2. The average molecular weight is 356 g/mol. The Bertz CT molecular complexity index is 922. The lowest BCUT2D eigenvalue weighted by molar-refractivity contribution is 0.0426. The third kappa shape index (κ3) is 3.75. The fraction of sp³-hybridized carbons (Fsp3) is 0.167. The Labute approximate surface area is 148 Å². The summed E-state index contributed by atoms with van der Waals surface area (Å²) in [5, 5.41) is 22.8. The normalized spacial score (nSPS) is 10.5. The second-order valence-corrected chi connectivity index (χ2v) is 5.22. The summed E-state index contributed by atoms with van der Waals surface area (Å²) in [6.45, 7) is 2.11. The quantitative estimate of drug-likeness (QED) is 0.648. The third-order valence-corrected chi connectivity index (χ3v) is 3.42. The lowest BCUT2D eigenvalue weighted by Crippen LogP contribution is -2.05. The molecule has 1 aromatic heterocycles. The molecule has 0 bridgehead atoms. The maximum atomic E-state index is 12.0. The number of rotatable bonds is 6. The Morgan fingerprint density at radius 3 is 2.77 bits per heavy atom. The van der Waals surface area contributed by atoms with Crippen LogP contribution in [0.15, 0.2) is 47.0 Å². The minimum Gasteiger partial charge on any atom is -0.508 e. The highest BCUT2D eigenvalue weighted by molar-refractivity contribution is 5.92. The third-order valence-electron chi connectivity index (χ3n) is 3.42. The number of aromatic hydroxyl groups is 2. The first-order valence-electron chi connectivity index (χ1n) is 7.82. The van der Waals surface area contributed by atoms with Gasteiger partial charge in [-0.05, 0) is 31.2 Å². The van der Waals surface area contributed by atoms with E-state index in [4.69, 9.17) is 14.0 Å². The molecule has 134 valence electrons. The van der Waals surface area contributed by atoms with E-state index in [2.05, 4.69) is 10.1 Å². The molecule has 0 spiro atoms. The zero-order chi connectivity index (χ0) is 18.5. The van der Waals surface area contributed by atoms with Gasteiger partial charge in [0.2, 0.25) is 5.82 Å². The van der Waals surface area contributed by atoms with Gasteiger partial charge in [0, 0.05) is 6.07 Å². The van der Waals surface area contributed by atoms with Crippen molar-refractivity contribution in [3.63, 3.8) is 0 Å². The Kier molecular flexibility index (Phi) is 5.02. The van der Waals surface area contributed by atoms with E-state index in [-0.39, 0.29) is 29.6 Å². The summed E-state index contributed by atoms with van der Waals surface area (Å²) in [6.07, 6.45) is 0. The Hall–Kier alpha value is -3.55. The van der Waals surface area contributed by atoms with Gasteiger partial charge in [-0.25, -0.2) is 4.79 Å². The van der Waals surface area contributed by atoms with Crippen molar-refractivity contribution in [3.05, 3.63) is 53.9 Å². The molecule has 0 aliphatic rings. The van der Waals surface area contributed by atoms with E-state index in [9.17, 15) is 15.0 Å². The number of ether oxygens (including phenoxy) is 2. The summed E-state index contributed by atoms with van der Waals surface area (Å²) >= 11 is 0. The SMILES string of the molecule is CCOc1ccccc1-c1noc(COC(=O)c2ccc(O)cc2O)n1. The Morgan fingerprint density at radius 2 is 2.00 bits per heavy atom.